The molecule has 100 valence electrons. The Morgan fingerprint density at radius 2 is 2.11 bits per heavy atom. The molecule has 1 N–H and O–H groups in total. The Balaban J connectivity index is 2.80. The van der Waals surface area contributed by atoms with Crippen LogP contribution in [0.15, 0.2) is 12.1 Å². The summed E-state index contributed by atoms with van der Waals surface area (Å²) in [6.45, 7) is 0.253. The first-order valence-corrected chi connectivity index (χ1v) is 6.82. The summed E-state index contributed by atoms with van der Waals surface area (Å²) in [7, 11) is -0.968. The van der Waals surface area contributed by atoms with E-state index in [0.29, 0.717) is 18.2 Å². The van der Waals surface area contributed by atoms with E-state index in [-0.39, 0.29) is 12.2 Å². The number of halogens is 2. The predicted molar refractivity (Wildman–Crippen MR) is 65.1 cm³/mol. The van der Waals surface area contributed by atoms with Crippen molar-refractivity contribution in [3.8, 4) is 0 Å². The van der Waals surface area contributed by atoms with Crippen molar-refractivity contribution in [3.63, 3.8) is 0 Å². The first kappa shape index (κ1) is 14.5. The molecule has 8 heteroatoms. The van der Waals surface area contributed by atoms with Crippen LogP contribution in [-0.2, 0) is 10.8 Å². The van der Waals surface area contributed by atoms with Crippen molar-refractivity contribution in [1.29, 1.82) is 0 Å². The van der Waals surface area contributed by atoms with Gasteiger partial charge in [0.05, 0.1) is 4.92 Å². The molecule has 0 saturated carbocycles. The molecule has 0 bridgehead atoms. The molecule has 0 aromatic heterocycles. The van der Waals surface area contributed by atoms with Crippen LogP contribution in [0, 0.1) is 21.7 Å². The lowest BCUT2D eigenvalue weighted by molar-refractivity contribution is -0.386. The van der Waals surface area contributed by atoms with E-state index in [1.54, 1.807) is 0 Å². The SMILES string of the molecule is CS(=O)CCCNc1cc(F)cc(F)c1[N+](=O)[O-]. The van der Waals surface area contributed by atoms with E-state index in [1.165, 1.54) is 6.26 Å². The molecular weight excluding hydrogens is 266 g/mol. The van der Waals surface area contributed by atoms with Crippen LogP contribution in [0.4, 0.5) is 20.2 Å². The number of nitro groups is 1. The topological polar surface area (TPSA) is 72.2 Å². The summed E-state index contributed by atoms with van der Waals surface area (Å²) in [5, 5.41) is 13.2. The molecule has 1 aromatic rings. The van der Waals surface area contributed by atoms with E-state index in [1.807, 2.05) is 0 Å². The minimum Gasteiger partial charge on any atom is -0.379 e. The molecule has 18 heavy (non-hydrogen) atoms. The normalized spacial score (nSPS) is 12.2. The Kier molecular flexibility index (Phi) is 5.14. The van der Waals surface area contributed by atoms with Crippen molar-refractivity contribution in [2.75, 3.05) is 23.9 Å². The summed E-state index contributed by atoms with van der Waals surface area (Å²) in [4.78, 5) is 9.74. The molecule has 1 atom stereocenters. The van der Waals surface area contributed by atoms with Gasteiger partial charge in [-0.3, -0.25) is 14.3 Å². The molecule has 0 aliphatic rings. The molecule has 5 nitrogen and oxygen atoms in total. The summed E-state index contributed by atoms with van der Waals surface area (Å²) >= 11 is 0. The quantitative estimate of drug-likeness (QED) is 0.491. The van der Waals surface area contributed by atoms with Crippen molar-refractivity contribution in [1.82, 2.24) is 0 Å². The van der Waals surface area contributed by atoms with Crippen molar-refractivity contribution in [2.24, 2.45) is 0 Å². The van der Waals surface area contributed by atoms with Gasteiger partial charge >= 0.3 is 5.69 Å². The Hall–Kier alpha value is -1.57. The van der Waals surface area contributed by atoms with Crippen LogP contribution in [0.5, 0.6) is 0 Å². The van der Waals surface area contributed by atoms with Gasteiger partial charge in [-0.25, -0.2) is 4.39 Å². The molecule has 1 aromatic carbocycles. The molecular formula is C10H12F2N2O3S. The molecule has 0 amide bonds. The lowest BCUT2D eigenvalue weighted by Gasteiger charge is -2.07. The summed E-state index contributed by atoms with van der Waals surface area (Å²) in [6, 6.07) is 1.33. The number of nitrogens with one attached hydrogen (secondary N) is 1. The van der Waals surface area contributed by atoms with Crippen LogP contribution in [0.3, 0.4) is 0 Å². The zero-order chi connectivity index (χ0) is 13.7. The maximum Gasteiger partial charge on any atom is 0.327 e. The van der Waals surface area contributed by atoms with Crippen molar-refractivity contribution in [2.45, 2.75) is 6.42 Å². The Morgan fingerprint density at radius 3 is 2.67 bits per heavy atom. The molecule has 0 fully saturated rings. The van der Waals surface area contributed by atoms with Crippen molar-refractivity contribution in [3.05, 3.63) is 33.9 Å². The monoisotopic (exact) mass is 278 g/mol. The third-order valence-electron chi connectivity index (χ3n) is 2.13. The highest BCUT2D eigenvalue weighted by atomic mass is 32.2. The average molecular weight is 278 g/mol. The molecule has 0 spiro atoms. The summed E-state index contributed by atoms with van der Waals surface area (Å²) in [5.74, 6) is -1.69. The maximum atomic E-state index is 13.2. The van der Waals surface area contributed by atoms with Crippen molar-refractivity contribution < 1.29 is 17.9 Å². The molecule has 0 heterocycles. The zero-order valence-electron chi connectivity index (χ0n) is 9.61. The van der Waals surface area contributed by atoms with Crippen molar-refractivity contribution >= 4 is 22.2 Å². The number of hydrogen-bond donors (Lipinski definition) is 1. The second-order valence-corrected chi connectivity index (χ2v) is 5.15. The second kappa shape index (κ2) is 6.39. The Morgan fingerprint density at radius 1 is 1.44 bits per heavy atom. The van der Waals surface area contributed by atoms with Crippen LogP contribution in [-0.4, -0.2) is 27.7 Å². The van der Waals surface area contributed by atoms with Crippen LogP contribution in [0.2, 0.25) is 0 Å². The second-order valence-electron chi connectivity index (χ2n) is 3.60. The predicted octanol–water partition coefficient (Wildman–Crippen LogP) is 2.05. The minimum absolute atomic E-state index is 0.209. The largest absolute Gasteiger partial charge is 0.379 e. The highest BCUT2D eigenvalue weighted by molar-refractivity contribution is 7.84. The zero-order valence-corrected chi connectivity index (χ0v) is 10.4. The molecule has 0 aliphatic carbocycles. The van der Waals surface area contributed by atoms with E-state index in [9.17, 15) is 23.1 Å². The standard InChI is InChI=1S/C10H12F2N2O3S/c1-18(17)4-2-3-13-9-6-7(11)5-8(12)10(9)14(15)16/h5-6,13H,2-4H2,1H3. The van der Waals surface area contributed by atoms with Crippen LogP contribution >= 0.6 is 0 Å². The van der Waals surface area contributed by atoms with E-state index >= 15 is 0 Å². The first-order valence-electron chi connectivity index (χ1n) is 5.09. The lowest BCUT2D eigenvalue weighted by Crippen LogP contribution is -2.09. The number of nitro benzene ring substituents is 1. The lowest BCUT2D eigenvalue weighted by atomic mass is 10.2. The van der Waals surface area contributed by atoms with Crippen LogP contribution in [0.25, 0.3) is 0 Å². The van der Waals surface area contributed by atoms with Gasteiger partial charge in [-0.1, -0.05) is 0 Å². The fourth-order valence-electron chi connectivity index (χ4n) is 1.38. The molecule has 1 unspecified atom stereocenters. The third kappa shape index (κ3) is 4.02. The van der Waals surface area contributed by atoms with Gasteiger partial charge in [-0.2, -0.15) is 4.39 Å². The van der Waals surface area contributed by atoms with Gasteiger partial charge in [-0.05, 0) is 6.42 Å². The molecule has 1 rings (SSSR count). The number of nitrogens with zero attached hydrogens (tertiary/aromatic N) is 1. The summed E-state index contributed by atoms with van der Waals surface area (Å²) in [5.41, 5.74) is -0.992. The van der Waals surface area contributed by atoms with Gasteiger partial charge in [0.25, 0.3) is 0 Å². The highest BCUT2D eigenvalue weighted by Crippen LogP contribution is 2.28. The minimum atomic E-state index is -1.22. The van der Waals surface area contributed by atoms with E-state index in [2.05, 4.69) is 5.32 Å². The van der Waals surface area contributed by atoms with Gasteiger partial charge in [0.1, 0.15) is 11.5 Å². The number of hydrogen-bond acceptors (Lipinski definition) is 4. The molecule has 0 radical (unpaired) electrons. The van der Waals surface area contributed by atoms with Gasteiger partial charge in [0.2, 0.25) is 5.82 Å². The number of anilines is 1. The summed E-state index contributed by atoms with van der Waals surface area (Å²) < 4.78 is 37.0. The Labute approximate surface area is 105 Å². The average Bonchev–Trinajstić information content (AvgIpc) is 2.22. The van der Waals surface area contributed by atoms with Gasteiger partial charge in [0, 0.05) is 41.5 Å². The summed E-state index contributed by atoms with van der Waals surface area (Å²) in [6.07, 6.45) is 2.02. The van der Waals surface area contributed by atoms with Gasteiger partial charge < -0.3 is 5.32 Å². The fraction of sp³-hybridized carbons (Fsp3) is 0.400. The maximum absolute atomic E-state index is 13.2. The fourth-order valence-corrected chi connectivity index (χ4v) is 1.94. The van der Waals surface area contributed by atoms with E-state index < -0.39 is 33.0 Å². The van der Waals surface area contributed by atoms with Gasteiger partial charge in [-0.15, -0.1) is 0 Å². The first-order chi connectivity index (χ1) is 8.41. The van der Waals surface area contributed by atoms with E-state index in [0.717, 1.165) is 6.07 Å². The number of rotatable bonds is 6. The van der Waals surface area contributed by atoms with E-state index in [4.69, 9.17) is 0 Å². The highest BCUT2D eigenvalue weighted by Gasteiger charge is 2.21. The Bertz CT molecular complexity index is 482. The van der Waals surface area contributed by atoms with Gasteiger partial charge in [0.15, 0.2) is 0 Å². The third-order valence-corrected chi connectivity index (χ3v) is 3.00. The smallest absolute Gasteiger partial charge is 0.327 e. The number of benzene rings is 1. The van der Waals surface area contributed by atoms with Crippen LogP contribution in [0.1, 0.15) is 6.42 Å². The molecule has 0 aliphatic heterocycles. The van der Waals surface area contributed by atoms with Crippen LogP contribution < -0.4 is 5.32 Å². The molecule has 0 saturated heterocycles.